The van der Waals surface area contributed by atoms with E-state index in [4.69, 9.17) is 5.73 Å². The minimum absolute atomic E-state index is 0.174. The number of hydrogen-bond acceptors (Lipinski definition) is 3. The molecule has 0 unspecified atom stereocenters. The average molecular weight is 331 g/mol. The predicted octanol–water partition coefficient (Wildman–Crippen LogP) is 4.06. The minimum atomic E-state index is -0.174. The van der Waals surface area contributed by atoms with Crippen LogP contribution in [0.5, 0.6) is 0 Å². The van der Waals surface area contributed by atoms with Crippen LogP contribution in [0, 0.1) is 5.82 Å². The van der Waals surface area contributed by atoms with E-state index in [1.165, 1.54) is 11.3 Å². The Labute approximate surface area is 145 Å². The van der Waals surface area contributed by atoms with E-state index in [2.05, 4.69) is 49.6 Å². The Morgan fingerprint density at radius 3 is 2.62 bits per heavy atom. The molecule has 0 aliphatic carbocycles. The highest BCUT2D eigenvalue weighted by Crippen LogP contribution is 2.25. The van der Waals surface area contributed by atoms with Gasteiger partial charge in [-0.3, -0.25) is 0 Å². The standard InChI is InChI=1S/C20H30FN3/c1-5-15(2)6-7-16(3)24-11-10-23(14-17(24)4)20-9-8-18(13-22)12-19(20)21/h6-9,12,17H,5,10-11,13-14,22H2,1-4H3/b15-6+,16-7+/t17-/m0/s1. The van der Waals surface area contributed by atoms with Crippen molar-refractivity contribution in [3.63, 3.8) is 0 Å². The van der Waals surface area contributed by atoms with E-state index in [1.807, 2.05) is 12.1 Å². The van der Waals surface area contributed by atoms with E-state index in [0.717, 1.165) is 31.6 Å². The predicted molar refractivity (Wildman–Crippen MR) is 100 cm³/mol. The number of rotatable bonds is 5. The lowest BCUT2D eigenvalue weighted by Gasteiger charge is -2.42. The van der Waals surface area contributed by atoms with E-state index in [-0.39, 0.29) is 5.82 Å². The molecule has 2 N–H and O–H groups in total. The molecule has 24 heavy (non-hydrogen) atoms. The van der Waals surface area contributed by atoms with Gasteiger partial charge in [0.25, 0.3) is 0 Å². The number of nitrogens with two attached hydrogens (primary N) is 1. The van der Waals surface area contributed by atoms with E-state index in [0.29, 0.717) is 18.3 Å². The molecule has 0 bridgehead atoms. The quantitative estimate of drug-likeness (QED) is 0.826. The third-order valence-electron chi connectivity index (χ3n) is 4.84. The Hall–Kier alpha value is -1.81. The van der Waals surface area contributed by atoms with Crippen LogP contribution in [-0.4, -0.2) is 30.6 Å². The summed E-state index contributed by atoms with van der Waals surface area (Å²) in [5.74, 6) is -0.174. The number of piperazine rings is 1. The molecule has 0 spiro atoms. The number of benzene rings is 1. The lowest BCUT2D eigenvalue weighted by Crippen LogP contribution is -2.51. The Morgan fingerprint density at radius 2 is 2.04 bits per heavy atom. The topological polar surface area (TPSA) is 32.5 Å². The first-order valence-corrected chi connectivity index (χ1v) is 8.80. The van der Waals surface area contributed by atoms with Crippen molar-refractivity contribution in [2.45, 2.75) is 46.7 Å². The summed E-state index contributed by atoms with van der Waals surface area (Å²) in [6.07, 6.45) is 5.46. The lowest BCUT2D eigenvalue weighted by molar-refractivity contribution is 0.242. The summed E-state index contributed by atoms with van der Waals surface area (Å²) in [5.41, 5.74) is 9.75. The zero-order chi connectivity index (χ0) is 17.7. The number of anilines is 1. The van der Waals surface area contributed by atoms with E-state index in [9.17, 15) is 4.39 Å². The van der Waals surface area contributed by atoms with E-state index >= 15 is 0 Å². The molecule has 1 heterocycles. The second-order valence-corrected chi connectivity index (χ2v) is 6.65. The summed E-state index contributed by atoms with van der Waals surface area (Å²) >= 11 is 0. The molecule has 4 heteroatoms. The number of hydrogen-bond donors (Lipinski definition) is 1. The van der Waals surface area contributed by atoms with Gasteiger partial charge in [-0.2, -0.15) is 0 Å². The molecule has 1 aliphatic heterocycles. The summed E-state index contributed by atoms with van der Waals surface area (Å²) in [5, 5.41) is 0. The van der Waals surface area contributed by atoms with Crippen LogP contribution in [-0.2, 0) is 6.54 Å². The normalized spacial score (nSPS) is 19.8. The molecular weight excluding hydrogens is 301 g/mol. The zero-order valence-corrected chi connectivity index (χ0v) is 15.3. The van der Waals surface area contributed by atoms with Gasteiger partial charge in [0.2, 0.25) is 0 Å². The first-order chi connectivity index (χ1) is 11.5. The average Bonchev–Trinajstić information content (AvgIpc) is 2.58. The van der Waals surface area contributed by atoms with Gasteiger partial charge in [0.15, 0.2) is 0 Å². The van der Waals surface area contributed by atoms with Crippen molar-refractivity contribution in [2.24, 2.45) is 5.73 Å². The van der Waals surface area contributed by atoms with Gasteiger partial charge in [-0.25, -0.2) is 4.39 Å². The van der Waals surface area contributed by atoms with Crippen LogP contribution in [0.2, 0.25) is 0 Å². The fourth-order valence-corrected chi connectivity index (χ4v) is 3.11. The summed E-state index contributed by atoms with van der Waals surface area (Å²) in [4.78, 5) is 4.54. The first-order valence-electron chi connectivity index (χ1n) is 8.80. The van der Waals surface area contributed by atoms with Gasteiger partial charge >= 0.3 is 0 Å². The fraction of sp³-hybridized carbons (Fsp3) is 0.500. The SMILES string of the molecule is CC/C(C)=C/C=C(\C)N1CCN(c2ccc(CN)cc2F)C[C@@H]1C. The summed E-state index contributed by atoms with van der Waals surface area (Å²) < 4.78 is 14.3. The van der Waals surface area contributed by atoms with Crippen molar-refractivity contribution in [1.82, 2.24) is 4.90 Å². The monoisotopic (exact) mass is 331 g/mol. The van der Waals surface area contributed by atoms with E-state index in [1.54, 1.807) is 6.07 Å². The first kappa shape index (κ1) is 18.5. The van der Waals surface area contributed by atoms with Crippen LogP contribution >= 0.6 is 0 Å². The van der Waals surface area contributed by atoms with Crippen molar-refractivity contribution in [2.75, 3.05) is 24.5 Å². The number of nitrogens with zero attached hydrogens (tertiary/aromatic N) is 2. The molecule has 3 nitrogen and oxygen atoms in total. The molecule has 1 fully saturated rings. The molecule has 0 aromatic heterocycles. The van der Waals surface area contributed by atoms with Gasteiger partial charge in [-0.05, 0) is 51.0 Å². The van der Waals surface area contributed by atoms with E-state index < -0.39 is 0 Å². The van der Waals surface area contributed by atoms with Crippen LogP contribution in [0.15, 0.2) is 41.6 Å². The Kier molecular flexibility index (Phi) is 6.44. The van der Waals surface area contributed by atoms with Crippen LogP contribution in [0.25, 0.3) is 0 Å². The molecule has 1 atom stereocenters. The van der Waals surface area contributed by atoms with Gasteiger partial charge in [0.1, 0.15) is 5.82 Å². The van der Waals surface area contributed by atoms with Crippen LogP contribution < -0.4 is 10.6 Å². The molecule has 1 aromatic carbocycles. The molecule has 0 radical (unpaired) electrons. The second-order valence-electron chi connectivity index (χ2n) is 6.65. The molecule has 0 amide bonds. The smallest absolute Gasteiger partial charge is 0.146 e. The van der Waals surface area contributed by atoms with Crippen molar-refractivity contribution < 1.29 is 4.39 Å². The van der Waals surface area contributed by atoms with Crippen LogP contribution in [0.1, 0.15) is 39.7 Å². The third-order valence-corrected chi connectivity index (χ3v) is 4.84. The minimum Gasteiger partial charge on any atom is -0.369 e. The molecular formula is C20H30FN3. The molecule has 132 valence electrons. The molecule has 1 aliphatic rings. The van der Waals surface area contributed by atoms with Gasteiger partial charge < -0.3 is 15.5 Å². The maximum atomic E-state index is 14.3. The maximum absolute atomic E-state index is 14.3. The van der Waals surface area contributed by atoms with Crippen LogP contribution in [0.4, 0.5) is 10.1 Å². The van der Waals surface area contributed by atoms with Crippen molar-refractivity contribution in [3.8, 4) is 0 Å². The van der Waals surface area contributed by atoms with Crippen molar-refractivity contribution >= 4 is 5.69 Å². The van der Waals surface area contributed by atoms with Gasteiger partial charge in [0.05, 0.1) is 5.69 Å². The number of halogens is 1. The Bertz CT molecular complexity index is 621. The summed E-state index contributed by atoms with van der Waals surface area (Å²) in [6, 6.07) is 5.67. The molecule has 2 rings (SSSR count). The van der Waals surface area contributed by atoms with Crippen molar-refractivity contribution in [1.29, 1.82) is 0 Å². The highest BCUT2D eigenvalue weighted by molar-refractivity contribution is 5.50. The molecule has 0 saturated carbocycles. The summed E-state index contributed by atoms with van der Waals surface area (Å²) in [7, 11) is 0. The van der Waals surface area contributed by atoms with Crippen LogP contribution in [0.3, 0.4) is 0 Å². The van der Waals surface area contributed by atoms with Crippen molar-refractivity contribution in [3.05, 3.63) is 53.0 Å². The van der Waals surface area contributed by atoms with Gasteiger partial charge in [-0.1, -0.05) is 24.6 Å². The van der Waals surface area contributed by atoms with Gasteiger partial charge in [0, 0.05) is 37.9 Å². The fourth-order valence-electron chi connectivity index (χ4n) is 3.11. The highest BCUT2D eigenvalue weighted by Gasteiger charge is 2.25. The second kappa shape index (κ2) is 8.34. The molecule has 1 aromatic rings. The lowest BCUT2D eigenvalue weighted by atomic mass is 10.1. The zero-order valence-electron chi connectivity index (χ0n) is 15.3. The maximum Gasteiger partial charge on any atom is 0.146 e. The molecule has 1 saturated heterocycles. The number of allylic oxidation sites excluding steroid dienone is 4. The summed E-state index contributed by atoms with van der Waals surface area (Å²) in [6.45, 7) is 11.6. The Morgan fingerprint density at radius 1 is 1.29 bits per heavy atom. The Balaban J connectivity index is 2.07. The van der Waals surface area contributed by atoms with Gasteiger partial charge in [-0.15, -0.1) is 0 Å². The largest absolute Gasteiger partial charge is 0.369 e. The third kappa shape index (κ3) is 4.38. The highest BCUT2D eigenvalue weighted by atomic mass is 19.1.